The summed E-state index contributed by atoms with van der Waals surface area (Å²) < 4.78 is 0. The SMILES string of the molecule is CN1CCCC(NC(=O)C2CCN(CCN)CC2)C1. The largest absolute Gasteiger partial charge is 0.352 e. The van der Waals surface area contributed by atoms with Gasteiger partial charge in [-0.2, -0.15) is 0 Å². The topological polar surface area (TPSA) is 61.6 Å². The maximum atomic E-state index is 12.3. The van der Waals surface area contributed by atoms with Crippen LogP contribution in [0.25, 0.3) is 0 Å². The lowest BCUT2D eigenvalue weighted by Crippen LogP contribution is -2.49. The van der Waals surface area contributed by atoms with Crippen molar-refractivity contribution in [3.63, 3.8) is 0 Å². The Morgan fingerprint density at radius 1 is 1.26 bits per heavy atom. The Morgan fingerprint density at radius 3 is 2.63 bits per heavy atom. The third kappa shape index (κ3) is 4.44. The van der Waals surface area contributed by atoms with Gasteiger partial charge in [0, 0.05) is 31.6 Å². The van der Waals surface area contributed by atoms with E-state index in [2.05, 4.69) is 22.2 Å². The van der Waals surface area contributed by atoms with Crippen LogP contribution in [0.4, 0.5) is 0 Å². The van der Waals surface area contributed by atoms with Crippen molar-refractivity contribution in [3.8, 4) is 0 Å². The van der Waals surface area contributed by atoms with Crippen LogP contribution in [-0.4, -0.2) is 68.1 Å². The molecule has 2 rings (SSSR count). The zero-order chi connectivity index (χ0) is 13.7. The molecule has 2 aliphatic heterocycles. The molecule has 1 amide bonds. The summed E-state index contributed by atoms with van der Waals surface area (Å²) in [4.78, 5) is 16.9. The predicted molar refractivity (Wildman–Crippen MR) is 76.9 cm³/mol. The molecular formula is C14H28N4O. The molecule has 0 aromatic rings. The summed E-state index contributed by atoms with van der Waals surface area (Å²) in [7, 11) is 2.13. The maximum absolute atomic E-state index is 12.3. The van der Waals surface area contributed by atoms with Crippen molar-refractivity contribution < 1.29 is 4.79 Å². The van der Waals surface area contributed by atoms with Gasteiger partial charge in [-0.25, -0.2) is 0 Å². The molecular weight excluding hydrogens is 240 g/mol. The monoisotopic (exact) mass is 268 g/mol. The second-order valence-corrected chi connectivity index (χ2v) is 6.01. The van der Waals surface area contributed by atoms with Crippen LogP contribution in [-0.2, 0) is 4.79 Å². The fourth-order valence-corrected chi connectivity index (χ4v) is 3.20. The predicted octanol–water partition coefficient (Wildman–Crippen LogP) is -0.132. The molecule has 0 bridgehead atoms. The average Bonchev–Trinajstić information content (AvgIpc) is 2.40. The normalized spacial score (nSPS) is 27.4. The van der Waals surface area contributed by atoms with Crippen molar-refractivity contribution in [2.24, 2.45) is 11.7 Å². The fourth-order valence-electron chi connectivity index (χ4n) is 3.20. The first-order chi connectivity index (χ1) is 9.19. The Hall–Kier alpha value is -0.650. The van der Waals surface area contributed by atoms with E-state index in [9.17, 15) is 4.79 Å². The van der Waals surface area contributed by atoms with Gasteiger partial charge < -0.3 is 20.9 Å². The molecule has 0 radical (unpaired) electrons. The minimum Gasteiger partial charge on any atom is -0.352 e. The second kappa shape index (κ2) is 7.22. The van der Waals surface area contributed by atoms with Gasteiger partial charge in [-0.3, -0.25) is 4.79 Å². The van der Waals surface area contributed by atoms with Crippen LogP contribution in [0.2, 0.25) is 0 Å². The van der Waals surface area contributed by atoms with E-state index in [1.807, 2.05) is 0 Å². The molecule has 2 fully saturated rings. The van der Waals surface area contributed by atoms with E-state index in [4.69, 9.17) is 5.73 Å². The summed E-state index contributed by atoms with van der Waals surface area (Å²) >= 11 is 0. The summed E-state index contributed by atoms with van der Waals surface area (Å²) in [5.74, 6) is 0.481. The first kappa shape index (κ1) is 14.8. The van der Waals surface area contributed by atoms with Crippen LogP contribution in [0.3, 0.4) is 0 Å². The summed E-state index contributed by atoms with van der Waals surface area (Å²) in [5, 5.41) is 3.24. The number of piperidine rings is 2. The lowest BCUT2D eigenvalue weighted by atomic mass is 9.95. The van der Waals surface area contributed by atoms with Crippen molar-refractivity contribution in [1.82, 2.24) is 15.1 Å². The summed E-state index contributed by atoms with van der Waals surface area (Å²) in [5.41, 5.74) is 5.56. The zero-order valence-electron chi connectivity index (χ0n) is 12.1. The van der Waals surface area contributed by atoms with Gasteiger partial charge in [0.15, 0.2) is 0 Å². The second-order valence-electron chi connectivity index (χ2n) is 6.01. The van der Waals surface area contributed by atoms with Crippen molar-refractivity contribution in [2.45, 2.75) is 31.7 Å². The summed E-state index contributed by atoms with van der Waals surface area (Å²) in [6, 6.07) is 0.355. The van der Waals surface area contributed by atoms with Crippen molar-refractivity contribution in [2.75, 3.05) is 46.3 Å². The van der Waals surface area contributed by atoms with Gasteiger partial charge >= 0.3 is 0 Å². The minimum atomic E-state index is 0.209. The van der Waals surface area contributed by atoms with E-state index < -0.39 is 0 Å². The molecule has 2 aliphatic rings. The number of amides is 1. The molecule has 0 aliphatic carbocycles. The van der Waals surface area contributed by atoms with Gasteiger partial charge in [-0.1, -0.05) is 0 Å². The molecule has 2 saturated heterocycles. The van der Waals surface area contributed by atoms with Gasteiger partial charge in [0.1, 0.15) is 0 Å². The number of likely N-dealkylation sites (tertiary alicyclic amines) is 2. The van der Waals surface area contributed by atoms with Crippen LogP contribution in [0.1, 0.15) is 25.7 Å². The number of nitrogens with one attached hydrogen (secondary N) is 1. The Bertz CT molecular complexity index is 289. The minimum absolute atomic E-state index is 0.209. The molecule has 19 heavy (non-hydrogen) atoms. The summed E-state index contributed by atoms with van der Waals surface area (Å²) in [6.45, 7) is 5.86. The Labute approximate surface area is 116 Å². The highest BCUT2D eigenvalue weighted by Crippen LogP contribution is 2.18. The highest BCUT2D eigenvalue weighted by Gasteiger charge is 2.27. The number of nitrogens with zero attached hydrogens (tertiary/aromatic N) is 2. The molecule has 5 heteroatoms. The highest BCUT2D eigenvalue weighted by atomic mass is 16.2. The molecule has 0 saturated carbocycles. The van der Waals surface area contributed by atoms with Crippen LogP contribution >= 0.6 is 0 Å². The molecule has 1 unspecified atom stereocenters. The van der Waals surface area contributed by atoms with E-state index in [1.54, 1.807) is 0 Å². The number of hydrogen-bond acceptors (Lipinski definition) is 4. The van der Waals surface area contributed by atoms with Crippen molar-refractivity contribution in [3.05, 3.63) is 0 Å². The average molecular weight is 268 g/mol. The number of likely N-dealkylation sites (N-methyl/N-ethyl adjacent to an activating group) is 1. The summed E-state index contributed by atoms with van der Waals surface area (Å²) in [6.07, 6.45) is 4.28. The third-order valence-electron chi connectivity index (χ3n) is 4.37. The molecule has 0 aromatic heterocycles. The quantitative estimate of drug-likeness (QED) is 0.745. The van der Waals surface area contributed by atoms with Crippen LogP contribution in [0.15, 0.2) is 0 Å². The molecule has 5 nitrogen and oxygen atoms in total. The number of carbonyl (C=O) groups is 1. The smallest absolute Gasteiger partial charge is 0.223 e. The first-order valence-electron chi connectivity index (χ1n) is 7.60. The lowest BCUT2D eigenvalue weighted by molar-refractivity contribution is -0.127. The van der Waals surface area contributed by atoms with Crippen LogP contribution in [0, 0.1) is 5.92 Å². The van der Waals surface area contributed by atoms with E-state index >= 15 is 0 Å². The van der Waals surface area contributed by atoms with Crippen molar-refractivity contribution in [1.29, 1.82) is 0 Å². The van der Waals surface area contributed by atoms with E-state index in [1.165, 1.54) is 6.42 Å². The van der Waals surface area contributed by atoms with Crippen LogP contribution < -0.4 is 11.1 Å². The van der Waals surface area contributed by atoms with Gasteiger partial charge in [-0.15, -0.1) is 0 Å². The number of rotatable bonds is 4. The van der Waals surface area contributed by atoms with E-state index in [0.717, 1.165) is 52.0 Å². The van der Waals surface area contributed by atoms with E-state index in [-0.39, 0.29) is 11.8 Å². The maximum Gasteiger partial charge on any atom is 0.223 e. The Balaban J connectivity index is 1.72. The lowest BCUT2D eigenvalue weighted by Gasteiger charge is -2.34. The zero-order valence-corrected chi connectivity index (χ0v) is 12.1. The molecule has 3 N–H and O–H groups in total. The molecule has 2 heterocycles. The molecule has 0 aromatic carbocycles. The fraction of sp³-hybridized carbons (Fsp3) is 0.929. The van der Waals surface area contributed by atoms with Crippen LogP contribution in [0.5, 0.6) is 0 Å². The Kier molecular flexibility index (Phi) is 5.60. The Morgan fingerprint density at radius 2 is 2.00 bits per heavy atom. The van der Waals surface area contributed by atoms with Gasteiger partial charge in [0.2, 0.25) is 5.91 Å². The van der Waals surface area contributed by atoms with E-state index in [0.29, 0.717) is 12.6 Å². The van der Waals surface area contributed by atoms with Gasteiger partial charge in [0.25, 0.3) is 0 Å². The van der Waals surface area contributed by atoms with Gasteiger partial charge in [-0.05, 0) is 52.4 Å². The number of nitrogens with two attached hydrogens (primary N) is 1. The number of carbonyl (C=O) groups excluding carboxylic acids is 1. The third-order valence-corrected chi connectivity index (χ3v) is 4.37. The highest BCUT2D eigenvalue weighted by molar-refractivity contribution is 5.79. The standard InChI is InChI=1S/C14H28N4O/c1-17-7-2-3-13(11-17)16-14(19)12-4-8-18(9-5-12)10-6-15/h12-13H,2-11,15H2,1H3,(H,16,19). The molecule has 0 spiro atoms. The molecule has 1 atom stereocenters. The molecule has 110 valence electrons. The number of hydrogen-bond donors (Lipinski definition) is 2. The van der Waals surface area contributed by atoms with Crippen molar-refractivity contribution >= 4 is 5.91 Å². The first-order valence-corrected chi connectivity index (χ1v) is 7.60. The van der Waals surface area contributed by atoms with Gasteiger partial charge in [0.05, 0.1) is 0 Å².